The van der Waals surface area contributed by atoms with Crippen LogP contribution in [0.15, 0.2) is 48.5 Å². The summed E-state index contributed by atoms with van der Waals surface area (Å²) in [5, 5.41) is 2.86. The molecule has 1 aliphatic heterocycles. The Morgan fingerprint density at radius 1 is 1.12 bits per heavy atom. The molecule has 0 saturated carbocycles. The lowest BCUT2D eigenvalue weighted by molar-refractivity contribution is 0.100. The first-order valence-electron chi connectivity index (χ1n) is 8.16. The van der Waals surface area contributed by atoms with Gasteiger partial charge in [-0.3, -0.25) is 4.79 Å². The fourth-order valence-corrected chi connectivity index (χ4v) is 3.01. The van der Waals surface area contributed by atoms with Crippen molar-refractivity contribution in [3.05, 3.63) is 59.7 Å². The lowest BCUT2D eigenvalue weighted by atomic mass is 9.98. The number of nitrogens with two attached hydrogens (primary N) is 1. The Bertz CT molecular complexity index is 756. The number of hydrogen-bond donors (Lipinski definition) is 2. The molecule has 0 spiro atoms. The summed E-state index contributed by atoms with van der Waals surface area (Å²) in [6.45, 7) is 1.39. The number of benzene rings is 2. The average molecular weight is 339 g/mol. The van der Waals surface area contributed by atoms with Crippen LogP contribution in [0.2, 0.25) is 0 Å². The Morgan fingerprint density at radius 2 is 1.80 bits per heavy atom. The van der Waals surface area contributed by atoms with Crippen LogP contribution in [0.4, 0.5) is 10.5 Å². The van der Waals surface area contributed by atoms with Gasteiger partial charge in [-0.2, -0.15) is 0 Å². The van der Waals surface area contributed by atoms with Crippen LogP contribution >= 0.6 is 0 Å². The standard InChI is InChI=1S/C19H21N3O3/c1-25-17-8-4-13(5-9-17)15-10-11-22(12-15)19(24)21-16-6-2-14(3-7-16)18(20)23/h2-9,15H,10-12H2,1H3,(H2,20,23)(H,21,24). The first kappa shape index (κ1) is 16.8. The lowest BCUT2D eigenvalue weighted by Gasteiger charge is -2.18. The molecule has 6 nitrogen and oxygen atoms in total. The number of hydrogen-bond acceptors (Lipinski definition) is 3. The number of methoxy groups -OCH3 is 1. The molecule has 3 N–H and O–H groups in total. The smallest absolute Gasteiger partial charge is 0.321 e. The van der Waals surface area contributed by atoms with Crippen LogP contribution in [-0.2, 0) is 0 Å². The minimum absolute atomic E-state index is 0.136. The first-order valence-corrected chi connectivity index (χ1v) is 8.16. The third kappa shape index (κ3) is 3.91. The molecule has 2 aromatic carbocycles. The summed E-state index contributed by atoms with van der Waals surface area (Å²) in [4.78, 5) is 25.3. The lowest BCUT2D eigenvalue weighted by Crippen LogP contribution is -2.32. The zero-order valence-electron chi connectivity index (χ0n) is 14.1. The van der Waals surface area contributed by atoms with Crippen LogP contribution in [0.5, 0.6) is 5.75 Å². The fourth-order valence-electron chi connectivity index (χ4n) is 3.01. The number of amides is 3. The Balaban J connectivity index is 1.59. The van der Waals surface area contributed by atoms with Crippen molar-refractivity contribution < 1.29 is 14.3 Å². The third-order valence-corrected chi connectivity index (χ3v) is 4.48. The van der Waals surface area contributed by atoms with E-state index in [4.69, 9.17) is 10.5 Å². The van der Waals surface area contributed by atoms with Gasteiger partial charge < -0.3 is 20.7 Å². The summed E-state index contributed by atoms with van der Waals surface area (Å²) < 4.78 is 5.18. The Labute approximate surface area is 146 Å². The Hall–Kier alpha value is -3.02. The molecule has 0 aromatic heterocycles. The number of primary amides is 1. The Kier molecular flexibility index (Phi) is 4.88. The van der Waals surface area contributed by atoms with E-state index in [0.717, 1.165) is 12.2 Å². The molecule has 25 heavy (non-hydrogen) atoms. The maximum atomic E-state index is 12.4. The quantitative estimate of drug-likeness (QED) is 0.898. The molecular weight excluding hydrogens is 318 g/mol. The van der Waals surface area contributed by atoms with Crippen molar-refractivity contribution in [1.82, 2.24) is 4.90 Å². The number of nitrogens with zero attached hydrogens (tertiary/aromatic N) is 1. The fraction of sp³-hybridized carbons (Fsp3) is 0.263. The molecule has 1 fully saturated rings. The largest absolute Gasteiger partial charge is 0.497 e. The van der Waals surface area contributed by atoms with E-state index in [9.17, 15) is 9.59 Å². The van der Waals surface area contributed by atoms with Crippen LogP contribution in [0, 0.1) is 0 Å². The minimum atomic E-state index is -0.486. The highest BCUT2D eigenvalue weighted by Gasteiger charge is 2.27. The van der Waals surface area contributed by atoms with Crippen LogP contribution in [0.1, 0.15) is 28.3 Å². The molecule has 1 atom stereocenters. The van der Waals surface area contributed by atoms with Gasteiger partial charge in [-0.1, -0.05) is 12.1 Å². The van der Waals surface area contributed by atoms with E-state index in [1.807, 2.05) is 24.3 Å². The average Bonchev–Trinajstić information content (AvgIpc) is 3.12. The van der Waals surface area contributed by atoms with Crippen LogP contribution in [0.25, 0.3) is 0 Å². The molecule has 1 heterocycles. The second kappa shape index (κ2) is 7.25. The highest BCUT2D eigenvalue weighted by molar-refractivity contribution is 5.94. The summed E-state index contributed by atoms with van der Waals surface area (Å²) in [5.41, 5.74) is 7.48. The van der Waals surface area contributed by atoms with Crippen molar-refractivity contribution in [2.45, 2.75) is 12.3 Å². The van der Waals surface area contributed by atoms with Crippen LogP contribution in [0.3, 0.4) is 0 Å². The zero-order valence-corrected chi connectivity index (χ0v) is 14.1. The number of anilines is 1. The van der Waals surface area contributed by atoms with E-state index in [0.29, 0.717) is 30.3 Å². The van der Waals surface area contributed by atoms with E-state index >= 15 is 0 Å². The summed E-state index contributed by atoms with van der Waals surface area (Å²) in [6.07, 6.45) is 0.931. The Morgan fingerprint density at radius 3 is 2.40 bits per heavy atom. The van der Waals surface area contributed by atoms with Crippen molar-refractivity contribution >= 4 is 17.6 Å². The van der Waals surface area contributed by atoms with E-state index in [2.05, 4.69) is 5.32 Å². The van der Waals surface area contributed by atoms with Gasteiger partial charge >= 0.3 is 6.03 Å². The molecule has 0 aliphatic carbocycles. The van der Waals surface area contributed by atoms with Gasteiger partial charge in [0.1, 0.15) is 5.75 Å². The van der Waals surface area contributed by atoms with Crippen LogP contribution in [-0.4, -0.2) is 37.0 Å². The molecule has 0 radical (unpaired) electrons. The van der Waals surface area contributed by atoms with E-state index < -0.39 is 5.91 Å². The molecule has 6 heteroatoms. The van der Waals surface area contributed by atoms with Crippen molar-refractivity contribution in [2.75, 3.05) is 25.5 Å². The number of likely N-dealkylation sites (tertiary alicyclic amines) is 1. The van der Waals surface area contributed by atoms with E-state index in [-0.39, 0.29) is 6.03 Å². The topological polar surface area (TPSA) is 84.7 Å². The summed E-state index contributed by atoms with van der Waals surface area (Å²) in [5.74, 6) is 0.671. The van der Waals surface area contributed by atoms with Gasteiger partial charge in [0.15, 0.2) is 0 Å². The second-order valence-electron chi connectivity index (χ2n) is 6.08. The predicted octanol–water partition coefficient (Wildman–Crippen LogP) is 2.82. The molecule has 0 bridgehead atoms. The number of carbonyl (C=O) groups is 2. The SMILES string of the molecule is COc1ccc(C2CCN(C(=O)Nc3ccc(C(N)=O)cc3)C2)cc1. The van der Waals surface area contributed by atoms with Gasteiger partial charge in [0, 0.05) is 30.3 Å². The van der Waals surface area contributed by atoms with Gasteiger partial charge in [0.05, 0.1) is 7.11 Å². The van der Waals surface area contributed by atoms with Gasteiger partial charge in [-0.25, -0.2) is 4.79 Å². The van der Waals surface area contributed by atoms with Crippen molar-refractivity contribution in [1.29, 1.82) is 0 Å². The maximum absolute atomic E-state index is 12.4. The van der Waals surface area contributed by atoms with Crippen molar-refractivity contribution in [3.63, 3.8) is 0 Å². The minimum Gasteiger partial charge on any atom is -0.497 e. The summed E-state index contributed by atoms with van der Waals surface area (Å²) in [7, 11) is 1.65. The third-order valence-electron chi connectivity index (χ3n) is 4.48. The number of ether oxygens (including phenoxy) is 1. The summed E-state index contributed by atoms with van der Waals surface area (Å²) in [6, 6.07) is 14.4. The van der Waals surface area contributed by atoms with Crippen LogP contribution < -0.4 is 15.8 Å². The van der Waals surface area contributed by atoms with E-state index in [1.165, 1.54) is 5.56 Å². The maximum Gasteiger partial charge on any atom is 0.321 e. The molecule has 2 aromatic rings. The predicted molar refractivity (Wildman–Crippen MR) is 95.9 cm³/mol. The van der Waals surface area contributed by atoms with Gasteiger partial charge in [-0.05, 0) is 48.4 Å². The highest BCUT2D eigenvalue weighted by atomic mass is 16.5. The number of urea groups is 1. The monoisotopic (exact) mass is 339 g/mol. The molecule has 1 unspecified atom stereocenters. The van der Waals surface area contributed by atoms with Crippen molar-refractivity contribution in [2.24, 2.45) is 5.73 Å². The van der Waals surface area contributed by atoms with Crippen molar-refractivity contribution in [3.8, 4) is 5.75 Å². The first-order chi connectivity index (χ1) is 12.1. The van der Waals surface area contributed by atoms with E-state index in [1.54, 1.807) is 36.3 Å². The molecule has 1 saturated heterocycles. The number of carbonyl (C=O) groups excluding carboxylic acids is 2. The van der Waals surface area contributed by atoms with Gasteiger partial charge in [0.25, 0.3) is 0 Å². The molecule has 130 valence electrons. The molecular formula is C19H21N3O3. The molecule has 1 aliphatic rings. The summed E-state index contributed by atoms with van der Waals surface area (Å²) >= 11 is 0. The van der Waals surface area contributed by atoms with Gasteiger partial charge in [0.2, 0.25) is 5.91 Å². The second-order valence-corrected chi connectivity index (χ2v) is 6.08. The van der Waals surface area contributed by atoms with Gasteiger partial charge in [-0.15, -0.1) is 0 Å². The molecule has 3 rings (SSSR count). The molecule has 3 amide bonds. The number of nitrogens with one attached hydrogen (secondary N) is 1. The highest BCUT2D eigenvalue weighted by Crippen LogP contribution is 2.28. The zero-order chi connectivity index (χ0) is 17.8. The number of rotatable bonds is 4. The normalized spacial score (nSPS) is 16.5.